The number of anilines is 1. The first-order valence-corrected chi connectivity index (χ1v) is 6.46. The highest BCUT2D eigenvalue weighted by atomic mass is 19.1. The van der Waals surface area contributed by atoms with Crippen LogP contribution in [0.1, 0.15) is 11.1 Å². The van der Waals surface area contributed by atoms with Gasteiger partial charge in [0.05, 0.1) is 0 Å². The van der Waals surface area contributed by atoms with Gasteiger partial charge in [0.15, 0.2) is 0 Å². The molecule has 0 amide bonds. The van der Waals surface area contributed by atoms with Crippen molar-refractivity contribution in [1.82, 2.24) is 4.90 Å². The van der Waals surface area contributed by atoms with Gasteiger partial charge < -0.3 is 10.2 Å². The van der Waals surface area contributed by atoms with Gasteiger partial charge in [-0.05, 0) is 43.4 Å². The van der Waals surface area contributed by atoms with Gasteiger partial charge in [-0.25, -0.2) is 8.78 Å². The molecule has 4 heteroatoms. The van der Waals surface area contributed by atoms with Crippen LogP contribution < -0.4 is 5.32 Å². The molecule has 0 radical (unpaired) electrons. The maximum absolute atomic E-state index is 13.1. The normalized spacial score (nSPS) is 10.8. The zero-order valence-electron chi connectivity index (χ0n) is 11.7. The van der Waals surface area contributed by atoms with Crippen LogP contribution in [0.5, 0.6) is 0 Å². The summed E-state index contributed by atoms with van der Waals surface area (Å²) in [5.74, 6) is -1.10. The highest BCUT2D eigenvalue weighted by molar-refractivity contribution is 5.51. The maximum Gasteiger partial charge on any atom is 0.126 e. The SMILES string of the molecule is CN(C)Cc1ccccc1NCc1cc(F)cc(F)c1. The summed E-state index contributed by atoms with van der Waals surface area (Å²) >= 11 is 0. The van der Waals surface area contributed by atoms with E-state index >= 15 is 0 Å². The summed E-state index contributed by atoms with van der Waals surface area (Å²) in [5, 5.41) is 3.23. The summed E-state index contributed by atoms with van der Waals surface area (Å²) in [5.41, 5.74) is 2.71. The summed E-state index contributed by atoms with van der Waals surface area (Å²) in [6, 6.07) is 11.5. The van der Waals surface area contributed by atoms with E-state index in [-0.39, 0.29) is 0 Å². The molecule has 2 aromatic carbocycles. The molecule has 0 saturated heterocycles. The lowest BCUT2D eigenvalue weighted by Crippen LogP contribution is -2.13. The highest BCUT2D eigenvalue weighted by Crippen LogP contribution is 2.18. The van der Waals surface area contributed by atoms with E-state index in [1.165, 1.54) is 12.1 Å². The molecule has 0 spiro atoms. The molecule has 0 bridgehead atoms. The second kappa shape index (κ2) is 6.48. The van der Waals surface area contributed by atoms with E-state index in [0.29, 0.717) is 12.1 Å². The monoisotopic (exact) mass is 276 g/mol. The third-order valence-corrected chi connectivity index (χ3v) is 2.91. The van der Waals surface area contributed by atoms with Gasteiger partial charge in [0.25, 0.3) is 0 Å². The number of hydrogen-bond acceptors (Lipinski definition) is 2. The van der Waals surface area contributed by atoms with Gasteiger partial charge in [-0.1, -0.05) is 18.2 Å². The Labute approximate surface area is 118 Å². The van der Waals surface area contributed by atoms with E-state index in [1.807, 2.05) is 38.4 Å². The van der Waals surface area contributed by atoms with Crippen molar-refractivity contribution < 1.29 is 8.78 Å². The molecule has 2 rings (SSSR count). The van der Waals surface area contributed by atoms with E-state index in [0.717, 1.165) is 23.9 Å². The fourth-order valence-electron chi connectivity index (χ4n) is 2.08. The Bertz CT molecular complexity index is 562. The number of para-hydroxylation sites is 1. The van der Waals surface area contributed by atoms with Crippen molar-refractivity contribution in [2.75, 3.05) is 19.4 Å². The fourth-order valence-corrected chi connectivity index (χ4v) is 2.08. The lowest BCUT2D eigenvalue weighted by atomic mass is 10.1. The largest absolute Gasteiger partial charge is 0.381 e. The van der Waals surface area contributed by atoms with Crippen LogP contribution in [0.25, 0.3) is 0 Å². The number of benzene rings is 2. The van der Waals surface area contributed by atoms with Crippen LogP contribution in [0.3, 0.4) is 0 Å². The standard InChI is InChI=1S/C16H18F2N2/c1-20(2)11-13-5-3-4-6-16(13)19-10-12-7-14(17)9-15(18)8-12/h3-9,19H,10-11H2,1-2H3. The Morgan fingerprint density at radius 3 is 2.30 bits per heavy atom. The molecule has 0 heterocycles. The molecule has 106 valence electrons. The second-order valence-corrected chi connectivity index (χ2v) is 5.03. The Hall–Kier alpha value is -1.94. The third-order valence-electron chi connectivity index (χ3n) is 2.91. The molecule has 0 saturated carbocycles. The molecule has 0 atom stereocenters. The van der Waals surface area contributed by atoms with E-state index in [2.05, 4.69) is 10.2 Å². The van der Waals surface area contributed by atoms with Crippen molar-refractivity contribution >= 4 is 5.69 Å². The third kappa shape index (κ3) is 4.03. The van der Waals surface area contributed by atoms with Gasteiger partial charge >= 0.3 is 0 Å². The maximum atomic E-state index is 13.1. The Kier molecular flexibility index (Phi) is 4.69. The minimum absolute atomic E-state index is 0.388. The van der Waals surface area contributed by atoms with Crippen molar-refractivity contribution in [3.8, 4) is 0 Å². The van der Waals surface area contributed by atoms with E-state index in [4.69, 9.17) is 0 Å². The fraction of sp³-hybridized carbons (Fsp3) is 0.250. The second-order valence-electron chi connectivity index (χ2n) is 5.03. The zero-order valence-corrected chi connectivity index (χ0v) is 11.7. The molecular weight excluding hydrogens is 258 g/mol. The topological polar surface area (TPSA) is 15.3 Å². The predicted molar refractivity (Wildman–Crippen MR) is 77.5 cm³/mol. The molecule has 2 nitrogen and oxygen atoms in total. The average molecular weight is 276 g/mol. The minimum Gasteiger partial charge on any atom is -0.381 e. The van der Waals surface area contributed by atoms with Crippen molar-refractivity contribution in [2.45, 2.75) is 13.1 Å². The summed E-state index contributed by atoms with van der Waals surface area (Å²) in [6.07, 6.45) is 0. The molecule has 0 aliphatic rings. The molecule has 0 unspecified atom stereocenters. The smallest absolute Gasteiger partial charge is 0.126 e. The van der Waals surface area contributed by atoms with Crippen LogP contribution in [0.15, 0.2) is 42.5 Å². The summed E-state index contributed by atoms with van der Waals surface area (Å²) in [4.78, 5) is 2.07. The van der Waals surface area contributed by atoms with Crippen molar-refractivity contribution in [3.05, 3.63) is 65.2 Å². The van der Waals surface area contributed by atoms with Gasteiger partial charge in [-0.3, -0.25) is 0 Å². The van der Waals surface area contributed by atoms with E-state index < -0.39 is 11.6 Å². The van der Waals surface area contributed by atoms with E-state index in [9.17, 15) is 8.78 Å². The molecule has 0 aromatic heterocycles. The van der Waals surface area contributed by atoms with E-state index in [1.54, 1.807) is 0 Å². The van der Waals surface area contributed by atoms with Gasteiger partial charge in [0.2, 0.25) is 0 Å². The number of rotatable bonds is 5. The van der Waals surface area contributed by atoms with Gasteiger partial charge in [-0.2, -0.15) is 0 Å². The minimum atomic E-state index is -0.552. The molecule has 2 aromatic rings. The molecular formula is C16H18F2N2. The van der Waals surface area contributed by atoms with Crippen LogP contribution in [0.2, 0.25) is 0 Å². The molecule has 20 heavy (non-hydrogen) atoms. The van der Waals surface area contributed by atoms with Crippen LogP contribution in [0.4, 0.5) is 14.5 Å². The first kappa shape index (κ1) is 14.5. The average Bonchev–Trinajstić information content (AvgIpc) is 2.36. The van der Waals surface area contributed by atoms with Crippen molar-refractivity contribution in [3.63, 3.8) is 0 Å². The zero-order chi connectivity index (χ0) is 14.5. The van der Waals surface area contributed by atoms with Crippen molar-refractivity contribution in [1.29, 1.82) is 0 Å². The van der Waals surface area contributed by atoms with Crippen LogP contribution in [-0.4, -0.2) is 19.0 Å². The highest BCUT2D eigenvalue weighted by Gasteiger charge is 2.04. The molecule has 0 aliphatic heterocycles. The summed E-state index contributed by atoms with van der Waals surface area (Å²) < 4.78 is 26.3. The Morgan fingerprint density at radius 1 is 1.00 bits per heavy atom. The lowest BCUT2D eigenvalue weighted by molar-refractivity contribution is 0.403. The lowest BCUT2D eigenvalue weighted by Gasteiger charge is -2.15. The van der Waals surface area contributed by atoms with Crippen LogP contribution in [-0.2, 0) is 13.1 Å². The van der Waals surface area contributed by atoms with Gasteiger partial charge in [-0.15, -0.1) is 0 Å². The van der Waals surface area contributed by atoms with Crippen LogP contribution in [0, 0.1) is 11.6 Å². The number of hydrogen-bond donors (Lipinski definition) is 1. The summed E-state index contributed by atoms with van der Waals surface area (Å²) in [6.45, 7) is 1.19. The van der Waals surface area contributed by atoms with Gasteiger partial charge in [0, 0.05) is 24.8 Å². The van der Waals surface area contributed by atoms with Crippen LogP contribution >= 0.6 is 0 Å². The van der Waals surface area contributed by atoms with Gasteiger partial charge in [0.1, 0.15) is 11.6 Å². The quantitative estimate of drug-likeness (QED) is 0.897. The number of nitrogens with one attached hydrogen (secondary N) is 1. The predicted octanol–water partition coefficient (Wildman–Crippen LogP) is 3.64. The molecule has 0 fully saturated rings. The Balaban J connectivity index is 2.10. The van der Waals surface area contributed by atoms with Crippen molar-refractivity contribution in [2.24, 2.45) is 0 Å². The first-order valence-electron chi connectivity index (χ1n) is 6.46. The molecule has 1 N–H and O–H groups in total. The first-order chi connectivity index (χ1) is 9.54. The Morgan fingerprint density at radius 2 is 1.65 bits per heavy atom. The molecule has 0 aliphatic carbocycles. The summed E-state index contributed by atoms with van der Waals surface area (Å²) in [7, 11) is 4.00. The number of nitrogens with zero attached hydrogens (tertiary/aromatic N) is 1. The number of halogens is 2.